The van der Waals surface area contributed by atoms with Crippen LogP contribution < -0.4 is 5.56 Å². The van der Waals surface area contributed by atoms with E-state index < -0.39 is 17.3 Å². The van der Waals surface area contributed by atoms with Crippen LogP contribution in [0.4, 0.5) is 4.39 Å². The minimum absolute atomic E-state index is 0.195. The molecule has 1 N–H and O–H groups in total. The fourth-order valence-electron chi connectivity index (χ4n) is 5.42. The molecule has 39 heavy (non-hydrogen) atoms. The first-order chi connectivity index (χ1) is 18.9. The molecule has 4 aromatic rings. The summed E-state index contributed by atoms with van der Waals surface area (Å²) in [5.41, 5.74) is 2.48. The molecule has 1 amide bonds. The lowest BCUT2D eigenvalue weighted by Gasteiger charge is -2.23. The number of aryl methyl sites for hydroxylation is 3. The van der Waals surface area contributed by atoms with Crippen molar-refractivity contribution in [3.63, 3.8) is 0 Å². The number of hydrogen-bond donors (Lipinski definition) is 1. The highest BCUT2D eigenvalue weighted by atomic mass is 19.1. The summed E-state index contributed by atoms with van der Waals surface area (Å²) in [5, 5.41) is 16.0. The van der Waals surface area contributed by atoms with Crippen molar-refractivity contribution < 1.29 is 14.3 Å². The van der Waals surface area contributed by atoms with Gasteiger partial charge in [0.15, 0.2) is 11.4 Å². The largest absolute Gasteiger partial charge is 0.493 e. The summed E-state index contributed by atoms with van der Waals surface area (Å²) >= 11 is 0. The van der Waals surface area contributed by atoms with Crippen molar-refractivity contribution in [1.82, 2.24) is 24.2 Å². The second kappa shape index (κ2) is 10.8. The number of para-hydroxylation sites is 1. The van der Waals surface area contributed by atoms with Crippen LogP contribution in [0.3, 0.4) is 0 Å². The lowest BCUT2D eigenvalue weighted by Crippen LogP contribution is -2.34. The molecule has 1 saturated heterocycles. The zero-order valence-corrected chi connectivity index (χ0v) is 22.4. The van der Waals surface area contributed by atoms with Crippen LogP contribution in [0.5, 0.6) is 5.88 Å². The van der Waals surface area contributed by atoms with Crippen LogP contribution in [0, 0.1) is 5.82 Å². The van der Waals surface area contributed by atoms with Crippen LogP contribution in [0.15, 0.2) is 59.7 Å². The summed E-state index contributed by atoms with van der Waals surface area (Å²) in [7, 11) is 0. The molecule has 0 aliphatic carbocycles. The van der Waals surface area contributed by atoms with E-state index in [1.54, 1.807) is 35.3 Å². The van der Waals surface area contributed by atoms with Gasteiger partial charge in [-0.25, -0.2) is 4.39 Å². The number of carbonyl (C=O) groups excluding carboxylic acids is 1. The smallest absolute Gasteiger partial charge is 0.290 e. The Balaban J connectivity index is 1.65. The fraction of sp³-hybridized carbons (Fsp3) is 0.333. The number of rotatable bonds is 7. The Morgan fingerprint density at radius 1 is 1.08 bits per heavy atom. The highest BCUT2D eigenvalue weighted by Gasteiger charge is 2.34. The van der Waals surface area contributed by atoms with Crippen molar-refractivity contribution in [3.8, 4) is 23.0 Å². The summed E-state index contributed by atoms with van der Waals surface area (Å²) in [5.74, 6) is -1.36. The van der Waals surface area contributed by atoms with Crippen molar-refractivity contribution in [2.45, 2.75) is 52.5 Å². The van der Waals surface area contributed by atoms with E-state index in [1.807, 2.05) is 39.0 Å². The molecule has 202 valence electrons. The molecule has 0 radical (unpaired) electrons. The molecule has 1 unspecified atom stereocenters. The third-order valence-electron chi connectivity index (χ3n) is 7.51. The maximum Gasteiger partial charge on any atom is 0.290 e. The van der Waals surface area contributed by atoms with Gasteiger partial charge in [-0.05, 0) is 48.9 Å². The van der Waals surface area contributed by atoms with E-state index in [2.05, 4.69) is 10.1 Å². The molecule has 5 rings (SSSR count). The molecular formula is C30H32FN5O3. The third-order valence-corrected chi connectivity index (χ3v) is 7.51. The number of hydrogen-bond acceptors (Lipinski definition) is 5. The van der Waals surface area contributed by atoms with E-state index in [0.717, 1.165) is 11.1 Å². The molecule has 2 aromatic carbocycles. The van der Waals surface area contributed by atoms with E-state index in [1.165, 1.54) is 15.5 Å². The maximum absolute atomic E-state index is 14.4. The topological polar surface area (TPSA) is 93.2 Å². The number of benzene rings is 2. The van der Waals surface area contributed by atoms with Crippen LogP contribution in [0.1, 0.15) is 60.2 Å². The van der Waals surface area contributed by atoms with Gasteiger partial charge in [-0.2, -0.15) is 10.1 Å². The van der Waals surface area contributed by atoms with E-state index in [0.29, 0.717) is 49.2 Å². The zero-order chi connectivity index (χ0) is 27.7. The normalized spacial score (nSPS) is 15.2. The number of likely N-dealkylation sites (tertiary alicyclic amines) is 1. The van der Waals surface area contributed by atoms with Gasteiger partial charge in [0.1, 0.15) is 5.82 Å². The number of amides is 1. The third kappa shape index (κ3) is 4.73. The first kappa shape index (κ1) is 26.3. The van der Waals surface area contributed by atoms with Gasteiger partial charge in [-0.1, -0.05) is 50.2 Å². The van der Waals surface area contributed by atoms with Crippen molar-refractivity contribution in [3.05, 3.63) is 93.3 Å². The van der Waals surface area contributed by atoms with Crippen LogP contribution >= 0.6 is 0 Å². The molecule has 2 aromatic heterocycles. The summed E-state index contributed by atoms with van der Waals surface area (Å²) in [6, 6.07) is 12.4. The molecule has 0 saturated carbocycles. The number of nitrogens with zero attached hydrogens (tertiary/aromatic N) is 5. The predicted molar refractivity (Wildman–Crippen MR) is 147 cm³/mol. The zero-order valence-electron chi connectivity index (χ0n) is 22.4. The van der Waals surface area contributed by atoms with E-state index in [4.69, 9.17) is 0 Å². The van der Waals surface area contributed by atoms with Gasteiger partial charge in [0.05, 0.1) is 17.4 Å². The molecule has 8 nitrogen and oxygen atoms in total. The van der Waals surface area contributed by atoms with Crippen molar-refractivity contribution in [1.29, 1.82) is 0 Å². The second-order valence-corrected chi connectivity index (χ2v) is 9.75. The Kier molecular flexibility index (Phi) is 7.32. The highest BCUT2D eigenvalue weighted by molar-refractivity contribution is 5.96. The van der Waals surface area contributed by atoms with E-state index in [-0.39, 0.29) is 29.7 Å². The summed E-state index contributed by atoms with van der Waals surface area (Å²) in [6.45, 7) is 7.18. The van der Waals surface area contributed by atoms with Gasteiger partial charge >= 0.3 is 0 Å². The summed E-state index contributed by atoms with van der Waals surface area (Å²) in [4.78, 5) is 33.0. The fourth-order valence-corrected chi connectivity index (χ4v) is 5.42. The average molecular weight is 530 g/mol. The second-order valence-electron chi connectivity index (χ2n) is 9.75. The summed E-state index contributed by atoms with van der Waals surface area (Å²) < 4.78 is 17.7. The Bertz CT molecular complexity index is 1570. The predicted octanol–water partition coefficient (Wildman–Crippen LogP) is 4.72. The molecule has 9 heteroatoms. The lowest BCUT2D eigenvalue weighted by atomic mass is 9.98. The van der Waals surface area contributed by atoms with Crippen molar-refractivity contribution in [2.75, 3.05) is 13.1 Å². The van der Waals surface area contributed by atoms with Gasteiger partial charge in [0.25, 0.3) is 11.5 Å². The molecule has 1 atom stereocenters. The standard InChI is InChI=1S/C30H32FN5O3/c1-4-19-10-9-11-20(5-2)26(19)36-27(22-16-32-35(6-3)18-22)33-28(37)25(30(36)39)29(38)34-15-14-21(17-34)23-12-7-8-13-24(23)31/h7-13,16,18,21,39H,4-6,14-15,17H2,1-3H3. The molecular weight excluding hydrogens is 497 g/mol. The number of aromatic hydroxyl groups is 1. The molecule has 1 fully saturated rings. The maximum atomic E-state index is 14.4. The van der Waals surface area contributed by atoms with Crippen LogP contribution in [-0.4, -0.2) is 48.3 Å². The summed E-state index contributed by atoms with van der Waals surface area (Å²) in [6.07, 6.45) is 5.26. The SMILES string of the molecule is CCc1cccc(CC)c1-n1c(-c2cnn(CC)c2)nc(=O)c(C(=O)N2CCC(c3ccccc3F)C2)c1O. The monoisotopic (exact) mass is 529 g/mol. The van der Waals surface area contributed by atoms with Gasteiger partial charge in [0.2, 0.25) is 5.88 Å². The Hall–Kier alpha value is -4.27. The van der Waals surface area contributed by atoms with Crippen molar-refractivity contribution >= 4 is 5.91 Å². The van der Waals surface area contributed by atoms with Crippen molar-refractivity contribution in [2.24, 2.45) is 0 Å². The van der Waals surface area contributed by atoms with Gasteiger partial charge in [-0.3, -0.25) is 18.8 Å². The molecule has 1 aliphatic heterocycles. The van der Waals surface area contributed by atoms with Gasteiger partial charge < -0.3 is 10.0 Å². The van der Waals surface area contributed by atoms with Crippen LogP contribution in [-0.2, 0) is 19.4 Å². The number of aromatic nitrogens is 4. The number of halogens is 1. The van der Waals surface area contributed by atoms with Gasteiger partial charge in [-0.15, -0.1) is 0 Å². The Morgan fingerprint density at radius 3 is 2.44 bits per heavy atom. The van der Waals surface area contributed by atoms with Crippen LogP contribution in [0.2, 0.25) is 0 Å². The molecule has 1 aliphatic rings. The molecule has 0 bridgehead atoms. The quantitative estimate of drug-likeness (QED) is 0.374. The van der Waals surface area contributed by atoms with Crippen LogP contribution in [0.25, 0.3) is 17.1 Å². The molecule has 0 spiro atoms. The highest BCUT2D eigenvalue weighted by Crippen LogP contribution is 2.34. The number of carbonyl (C=O) groups is 1. The average Bonchev–Trinajstić information content (AvgIpc) is 3.63. The minimum Gasteiger partial charge on any atom is -0.493 e. The van der Waals surface area contributed by atoms with E-state index >= 15 is 0 Å². The first-order valence-electron chi connectivity index (χ1n) is 13.4. The van der Waals surface area contributed by atoms with E-state index in [9.17, 15) is 19.1 Å². The lowest BCUT2D eigenvalue weighted by molar-refractivity contribution is 0.0784. The Morgan fingerprint density at radius 2 is 1.79 bits per heavy atom. The minimum atomic E-state index is -0.811. The Labute approximate surface area is 226 Å². The van der Waals surface area contributed by atoms with Gasteiger partial charge in [0, 0.05) is 31.7 Å². The first-order valence-corrected chi connectivity index (χ1v) is 13.4. The molecule has 3 heterocycles.